The third kappa shape index (κ3) is 5.93. The molecule has 2 N–H and O–H groups in total. The van der Waals surface area contributed by atoms with Gasteiger partial charge in [-0.25, -0.2) is 0 Å². The number of carbonyl (C=O) groups is 1. The van der Waals surface area contributed by atoms with Crippen molar-refractivity contribution >= 4 is 5.91 Å². The maximum Gasteiger partial charge on any atom is 0.273 e. The molecule has 1 heterocycles. The fourth-order valence-corrected chi connectivity index (χ4v) is 3.15. The Morgan fingerprint density at radius 1 is 1.38 bits per heavy atom. The smallest absolute Gasteiger partial charge is 0.273 e. The Kier molecular flexibility index (Phi) is 7.28. The Bertz CT molecular complexity index is 510. The predicted octanol–water partition coefficient (Wildman–Crippen LogP) is 3.89. The highest BCUT2D eigenvalue weighted by atomic mass is 16.5. The van der Waals surface area contributed by atoms with E-state index in [0.717, 1.165) is 31.4 Å². The normalized spacial score (nSPS) is 18.2. The van der Waals surface area contributed by atoms with Gasteiger partial charge in [0, 0.05) is 24.6 Å². The first-order valence-corrected chi connectivity index (χ1v) is 9.41. The molecule has 3 atom stereocenters. The summed E-state index contributed by atoms with van der Waals surface area (Å²) in [7, 11) is 0. The van der Waals surface area contributed by atoms with Gasteiger partial charge in [-0.2, -0.15) is 0 Å². The summed E-state index contributed by atoms with van der Waals surface area (Å²) < 4.78 is 5.28. The van der Waals surface area contributed by atoms with Gasteiger partial charge >= 0.3 is 0 Å². The van der Waals surface area contributed by atoms with Crippen molar-refractivity contribution in [3.8, 4) is 0 Å². The van der Waals surface area contributed by atoms with Crippen molar-refractivity contribution in [1.82, 2.24) is 10.5 Å². The topological polar surface area (TPSA) is 75.4 Å². The van der Waals surface area contributed by atoms with Crippen LogP contribution in [-0.4, -0.2) is 28.8 Å². The van der Waals surface area contributed by atoms with Crippen molar-refractivity contribution < 1.29 is 14.4 Å². The van der Waals surface area contributed by atoms with Crippen LogP contribution in [0.5, 0.6) is 0 Å². The van der Waals surface area contributed by atoms with Crippen molar-refractivity contribution in [3.05, 3.63) is 17.5 Å². The van der Waals surface area contributed by atoms with Crippen molar-refractivity contribution in [2.75, 3.05) is 6.61 Å². The predicted molar refractivity (Wildman–Crippen MR) is 93.9 cm³/mol. The summed E-state index contributed by atoms with van der Waals surface area (Å²) in [6, 6.07) is 1.84. The van der Waals surface area contributed by atoms with Gasteiger partial charge < -0.3 is 14.9 Å². The van der Waals surface area contributed by atoms with Crippen LogP contribution in [0.25, 0.3) is 0 Å². The first-order chi connectivity index (χ1) is 11.5. The summed E-state index contributed by atoms with van der Waals surface area (Å²) in [5.41, 5.74) is 0.375. The maximum atomic E-state index is 12.5. The monoisotopic (exact) mass is 336 g/mol. The number of nitrogens with one attached hydrogen (secondary N) is 1. The fourth-order valence-electron chi connectivity index (χ4n) is 3.15. The lowest BCUT2D eigenvalue weighted by Crippen LogP contribution is -2.37. The molecule has 5 heteroatoms. The van der Waals surface area contributed by atoms with E-state index in [9.17, 15) is 9.90 Å². The highest BCUT2D eigenvalue weighted by molar-refractivity contribution is 5.92. The van der Waals surface area contributed by atoms with E-state index in [2.05, 4.69) is 24.3 Å². The minimum atomic E-state index is -0.163. The Hall–Kier alpha value is -1.36. The molecule has 0 bridgehead atoms. The van der Waals surface area contributed by atoms with Gasteiger partial charge in [-0.15, -0.1) is 0 Å². The van der Waals surface area contributed by atoms with Gasteiger partial charge in [-0.3, -0.25) is 4.79 Å². The van der Waals surface area contributed by atoms with Crippen molar-refractivity contribution in [2.24, 2.45) is 11.8 Å². The molecule has 1 amide bonds. The molecular weight excluding hydrogens is 304 g/mol. The molecule has 0 radical (unpaired) electrons. The molecule has 1 fully saturated rings. The molecule has 136 valence electrons. The van der Waals surface area contributed by atoms with Crippen molar-refractivity contribution in [3.63, 3.8) is 0 Å². The van der Waals surface area contributed by atoms with E-state index in [-0.39, 0.29) is 24.5 Å². The number of aliphatic hydroxyl groups is 1. The molecule has 0 spiro atoms. The Balaban J connectivity index is 1.92. The number of aromatic nitrogens is 1. The number of hydrogen-bond acceptors (Lipinski definition) is 4. The molecule has 5 nitrogen and oxygen atoms in total. The summed E-state index contributed by atoms with van der Waals surface area (Å²) >= 11 is 0. The molecule has 1 aliphatic rings. The summed E-state index contributed by atoms with van der Waals surface area (Å²) in [6.45, 7) is 6.59. The molecule has 0 aliphatic heterocycles. The second kappa shape index (κ2) is 9.21. The molecule has 1 aromatic heterocycles. The van der Waals surface area contributed by atoms with Crippen LogP contribution in [0.4, 0.5) is 0 Å². The van der Waals surface area contributed by atoms with Gasteiger partial charge in [0.1, 0.15) is 5.76 Å². The molecule has 2 rings (SSSR count). The lowest BCUT2D eigenvalue weighted by Gasteiger charge is -2.24. The highest BCUT2D eigenvalue weighted by Gasteiger charge is 2.29. The van der Waals surface area contributed by atoms with E-state index in [1.807, 2.05) is 6.92 Å². The fraction of sp³-hybridized carbons (Fsp3) is 0.789. The average Bonchev–Trinajstić information content (AvgIpc) is 3.29. The molecule has 1 aromatic rings. The Morgan fingerprint density at radius 2 is 2.08 bits per heavy atom. The summed E-state index contributed by atoms with van der Waals surface area (Å²) in [4.78, 5) is 12.5. The SMILES string of the molecule is CCCC[C@H](C)C[C@H](C[C@@H](C)CO)NC(=O)c1cc(C2CC2)on1. The van der Waals surface area contributed by atoms with Crippen molar-refractivity contribution in [2.45, 2.75) is 77.7 Å². The zero-order valence-corrected chi connectivity index (χ0v) is 15.3. The van der Waals surface area contributed by atoms with Gasteiger partial charge in [0.2, 0.25) is 0 Å². The van der Waals surface area contributed by atoms with E-state index in [1.54, 1.807) is 6.07 Å². The van der Waals surface area contributed by atoms with Crippen LogP contribution in [0.15, 0.2) is 10.6 Å². The summed E-state index contributed by atoms with van der Waals surface area (Å²) in [5.74, 6) is 1.85. The number of rotatable bonds is 11. The third-order valence-corrected chi connectivity index (χ3v) is 4.81. The van der Waals surface area contributed by atoms with Gasteiger partial charge in [-0.1, -0.05) is 45.2 Å². The van der Waals surface area contributed by atoms with Crippen LogP contribution >= 0.6 is 0 Å². The van der Waals surface area contributed by atoms with Gasteiger partial charge in [0.05, 0.1) is 0 Å². The van der Waals surface area contributed by atoms with E-state index in [0.29, 0.717) is 17.5 Å². The van der Waals surface area contributed by atoms with E-state index in [4.69, 9.17) is 4.52 Å². The first-order valence-electron chi connectivity index (χ1n) is 9.41. The number of unbranched alkanes of at least 4 members (excludes halogenated alkanes) is 1. The lowest BCUT2D eigenvalue weighted by atomic mass is 9.91. The molecule has 0 aromatic carbocycles. The number of carbonyl (C=O) groups excluding carboxylic acids is 1. The number of hydrogen-bond donors (Lipinski definition) is 2. The van der Waals surface area contributed by atoms with Crippen LogP contribution < -0.4 is 5.32 Å². The molecule has 24 heavy (non-hydrogen) atoms. The lowest BCUT2D eigenvalue weighted by molar-refractivity contribution is 0.0910. The first kappa shape index (κ1) is 19.0. The Morgan fingerprint density at radius 3 is 2.71 bits per heavy atom. The van der Waals surface area contributed by atoms with Crippen LogP contribution in [0.1, 0.15) is 87.9 Å². The van der Waals surface area contributed by atoms with Gasteiger partial charge in [-0.05, 0) is 37.5 Å². The number of nitrogens with zero attached hydrogens (tertiary/aromatic N) is 1. The summed E-state index contributed by atoms with van der Waals surface area (Å²) in [6.07, 6.45) is 7.55. The molecule has 1 saturated carbocycles. The molecule has 0 unspecified atom stereocenters. The second-order valence-corrected chi connectivity index (χ2v) is 7.57. The number of aliphatic hydroxyl groups excluding tert-OH is 1. The van der Waals surface area contributed by atoms with Crippen LogP contribution in [-0.2, 0) is 0 Å². The van der Waals surface area contributed by atoms with Gasteiger partial charge in [0.25, 0.3) is 5.91 Å². The minimum Gasteiger partial charge on any atom is -0.396 e. The van der Waals surface area contributed by atoms with E-state index < -0.39 is 0 Å². The molecule has 1 aliphatic carbocycles. The molecular formula is C19H32N2O3. The Labute approximate surface area is 145 Å². The highest BCUT2D eigenvalue weighted by Crippen LogP contribution is 2.40. The van der Waals surface area contributed by atoms with E-state index in [1.165, 1.54) is 19.3 Å². The van der Waals surface area contributed by atoms with E-state index >= 15 is 0 Å². The zero-order chi connectivity index (χ0) is 17.5. The summed E-state index contributed by atoms with van der Waals surface area (Å²) in [5, 5.41) is 16.4. The van der Waals surface area contributed by atoms with Crippen LogP contribution in [0.2, 0.25) is 0 Å². The van der Waals surface area contributed by atoms with Crippen LogP contribution in [0.3, 0.4) is 0 Å². The number of amides is 1. The second-order valence-electron chi connectivity index (χ2n) is 7.57. The quantitative estimate of drug-likeness (QED) is 0.643. The largest absolute Gasteiger partial charge is 0.396 e. The van der Waals surface area contributed by atoms with Gasteiger partial charge in [0.15, 0.2) is 5.69 Å². The average molecular weight is 336 g/mol. The van der Waals surface area contributed by atoms with Crippen molar-refractivity contribution in [1.29, 1.82) is 0 Å². The standard InChI is InChI=1S/C19H32N2O3/c1-4-5-6-13(2)9-16(10-14(3)12-22)20-19(23)17-11-18(24-21-17)15-7-8-15/h11,13-16,22H,4-10,12H2,1-3H3,(H,20,23)/t13-,14+,16+/m0/s1. The zero-order valence-electron chi connectivity index (χ0n) is 15.3. The molecule has 0 saturated heterocycles. The maximum absolute atomic E-state index is 12.5. The minimum absolute atomic E-state index is 0.0626. The van der Waals surface area contributed by atoms with Crippen LogP contribution in [0, 0.1) is 11.8 Å². The third-order valence-electron chi connectivity index (χ3n) is 4.81.